The molecular weight excluding hydrogens is 314 g/mol. The fourth-order valence-electron chi connectivity index (χ4n) is 1.94. The Balaban J connectivity index is 1.81. The van der Waals surface area contributed by atoms with Crippen LogP contribution in [0.25, 0.3) is 0 Å². The molecule has 0 saturated heterocycles. The molecule has 1 aromatic heterocycles. The molecule has 122 valence electrons. The number of nitrogens with one attached hydrogen (secondary N) is 2. The van der Waals surface area contributed by atoms with Crippen LogP contribution in [0.1, 0.15) is 29.5 Å². The number of ether oxygens (including phenoxy) is 1. The van der Waals surface area contributed by atoms with Gasteiger partial charge in [0.05, 0.1) is 0 Å². The van der Waals surface area contributed by atoms with Crippen LogP contribution in [0.5, 0.6) is 0 Å². The van der Waals surface area contributed by atoms with Crippen molar-refractivity contribution < 1.29 is 14.3 Å². The molecule has 0 bridgehead atoms. The average Bonchev–Trinajstić information content (AvgIpc) is 3.02. The molecule has 1 heterocycles. The lowest BCUT2D eigenvalue weighted by molar-refractivity contribution is -0.119. The normalized spacial score (nSPS) is 10.3. The Labute approximate surface area is 139 Å². The molecule has 1 amide bonds. The van der Waals surface area contributed by atoms with Crippen molar-refractivity contribution in [2.75, 3.05) is 18.2 Å². The number of hydrogen-bond donors (Lipinski definition) is 2. The van der Waals surface area contributed by atoms with Gasteiger partial charge in [0.15, 0.2) is 12.3 Å². The second-order valence-electron chi connectivity index (χ2n) is 4.88. The van der Waals surface area contributed by atoms with E-state index in [1.54, 1.807) is 30.0 Å². The number of carbonyl (C=O) groups excluding carboxylic acids is 2. The summed E-state index contributed by atoms with van der Waals surface area (Å²) in [5, 5.41) is 9.33. The van der Waals surface area contributed by atoms with Crippen molar-refractivity contribution >= 4 is 29.3 Å². The first-order chi connectivity index (χ1) is 11.1. The molecular formula is C16H19N3O3S. The minimum Gasteiger partial charge on any atom is -0.451 e. The third-order valence-corrected chi connectivity index (χ3v) is 3.81. The van der Waals surface area contributed by atoms with E-state index in [4.69, 9.17) is 4.74 Å². The number of aryl methyl sites for hydroxylation is 1. The SMILES string of the molecule is CCCc1cc(C(=O)OCC(=O)Nc2ccc(SC)cc2)n[nH]1. The Kier molecular flexibility index (Phi) is 6.22. The van der Waals surface area contributed by atoms with E-state index in [1.165, 1.54) is 0 Å². The minimum atomic E-state index is -0.614. The number of carbonyl (C=O) groups is 2. The van der Waals surface area contributed by atoms with Crippen molar-refractivity contribution in [2.24, 2.45) is 0 Å². The highest BCUT2D eigenvalue weighted by molar-refractivity contribution is 7.98. The third-order valence-electron chi connectivity index (χ3n) is 3.07. The first-order valence-electron chi connectivity index (χ1n) is 7.27. The van der Waals surface area contributed by atoms with E-state index in [0.29, 0.717) is 5.69 Å². The van der Waals surface area contributed by atoms with Gasteiger partial charge >= 0.3 is 5.97 Å². The van der Waals surface area contributed by atoms with Gasteiger partial charge in [0.25, 0.3) is 5.91 Å². The van der Waals surface area contributed by atoms with Crippen molar-refractivity contribution in [3.05, 3.63) is 41.7 Å². The second-order valence-corrected chi connectivity index (χ2v) is 5.76. The molecule has 7 heteroatoms. The molecule has 0 radical (unpaired) electrons. The standard InChI is InChI=1S/C16H19N3O3S/c1-3-4-12-9-14(19-18-12)16(21)22-10-15(20)17-11-5-7-13(23-2)8-6-11/h5-9H,3-4,10H2,1-2H3,(H,17,20)(H,18,19). The lowest BCUT2D eigenvalue weighted by Crippen LogP contribution is -2.21. The Morgan fingerprint density at radius 2 is 2.04 bits per heavy atom. The van der Waals surface area contributed by atoms with Gasteiger partial charge in [0.1, 0.15) is 0 Å². The summed E-state index contributed by atoms with van der Waals surface area (Å²) in [4.78, 5) is 24.7. The summed E-state index contributed by atoms with van der Waals surface area (Å²) in [6, 6.07) is 9.06. The van der Waals surface area contributed by atoms with E-state index in [-0.39, 0.29) is 18.2 Å². The number of anilines is 1. The van der Waals surface area contributed by atoms with Gasteiger partial charge in [0, 0.05) is 16.3 Å². The molecule has 0 aliphatic rings. The number of thioether (sulfide) groups is 1. The predicted molar refractivity (Wildman–Crippen MR) is 89.7 cm³/mol. The number of aromatic amines is 1. The van der Waals surface area contributed by atoms with Gasteiger partial charge in [0.2, 0.25) is 0 Å². The van der Waals surface area contributed by atoms with Crippen molar-refractivity contribution in [2.45, 2.75) is 24.7 Å². The highest BCUT2D eigenvalue weighted by atomic mass is 32.2. The monoisotopic (exact) mass is 333 g/mol. The molecule has 1 aromatic carbocycles. The topological polar surface area (TPSA) is 84.1 Å². The number of hydrogen-bond acceptors (Lipinski definition) is 5. The number of H-pyrrole nitrogens is 1. The predicted octanol–water partition coefficient (Wildman–Crippen LogP) is 2.88. The summed E-state index contributed by atoms with van der Waals surface area (Å²) in [7, 11) is 0. The minimum absolute atomic E-state index is 0.186. The molecule has 0 unspecified atom stereocenters. The van der Waals surface area contributed by atoms with Crippen molar-refractivity contribution in [3.8, 4) is 0 Å². The van der Waals surface area contributed by atoms with Gasteiger partial charge in [-0.1, -0.05) is 13.3 Å². The fourth-order valence-corrected chi connectivity index (χ4v) is 2.35. The summed E-state index contributed by atoms with van der Waals surface area (Å²) in [5.74, 6) is -1.00. The Morgan fingerprint density at radius 3 is 2.70 bits per heavy atom. The van der Waals surface area contributed by atoms with Gasteiger partial charge < -0.3 is 10.1 Å². The quantitative estimate of drug-likeness (QED) is 0.601. The van der Waals surface area contributed by atoms with Gasteiger partial charge in [-0.25, -0.2) is 4.79 Å². The lowest BCUT2D eigenvalue weighted by Gasteiger charge is -2.06. The average molecular weight is 333 g/mol. The van der Waals surface area contributed by atoms with Crippen molar-refractivity contribution in [1.29, 1.82) is 0 Å². The summed E-state index contributed by atoms with van der Waals surface area (Å²) < 4.78 is 4.96. The van der Waals surface area contributed by atoms with Crippen LogP contribution in [0, 0.1) is 0 Å². The number of esters is 1. The summed E-state index contributed by atoms with van der Waals surface area (Å²) in [6.45, 7) is 1.69. The van der Waals surface area contributed by atoms with Crippen LogP contribution >= 0.6 is 11.8 Å². The van der Waals surface area contributed by atoms with Crippen molar-refractivity contribution in [1.82, 2.24) is 10.2 Å². The molecule has 23 heavy (non-hydrogen) atoms. The van der Waals surface area contributed by atoms with Crippen LogP contribution in [-0.4, -0.2) is 34.9 Å². The molecule has 2 N–H and O–H groups in total. The maximum Gasteiger partial charge on any atom is 0.359 e. The second kappa shape index (κ2) is 8.38. The zero-order chi connectivity index (χ0) is 16.7. The molecule has 0 aliphatic carbocycles. The van der Waals surface area contributed by atoms with E-state index >= 15 is 0 Å². The van der Waals surface area contributed by atoms with E-state index in [0.717, 1.165) is 23.4 Å². The van der Waals surface area contributed by atoms with Crippen LogP contribution in [0.15, 0.2) is 35.2 Å². The summed E-state index contributed by atoms with van der Waals surface area (Å²) >= 11 is 1.62. The smallest absolute Gasteiger partial charge is 0.359 e. The molecule has 0 spiro atoms. The number of aromatic nitrogens is 2. The molecule has 0 fully saturated rings. The van der Waals surface area contributed by atoms with Crippen LogP contribution < -0.4 is 5.32 Å². The number of nitrogens with zero attached hydrogens (tertiary/aromatic N) is 1. The van der Waals surface area contributed by atoms with Gasteiger partial charge in [-0.15, -0.1) is 11.8 Å². The number of benzene rings is 1. The van der Waals surface area contributed by atoms with Crippen molar-refractivity contribution in [3.63, 3.8) is 0 Å². The molecule has 0 atom stereocenters. The highest BCUT2D eigenvalue weighted by Gasteiger charge is 2.13. The summed E-state index contributed by atoms with van der Waals surface area (Å²) in [6.07, 6.45) is 3.75. The molecule has 6 nitrogen and oxygen atoms in total. The first-order valence-corrected chi connectivity index (χ1v) is 8.50. The number of amides is 1. The van der Waals surface area contributed by atoms with E-state index in [2.05, 4.69) is 15.5 Å². The maximum absolute atomic E-state index is 11.8. The molecule has 2 aromatic rings. The van der Waals surface area contributed by atoms with E-state index < -0.39 is 5.97 Å². The van der Waals surface area contributed by atoms with E-state index in [1.807, 2.05) is 25.3 Å². The van der Waals surface area contributed by atoms with Gasteiger partial charge in [-0.2, -0.15) is 5.10 Å². The molecule has 0 saturated carbocycles. The Bertz CT molecular complexity index is 667. The zero-order valence-corrected chi connectivity index (χ0v) is 13.9. The summed E-state index contributed by atoms with van der Waals surface area (Å²) in [5.41, 5.74) is 1.72. The largest absolute Gasteiger partial charge is 0.451 e. The fraction of sp³-hybridized carbons (Fsp3) is 0.312. The molecule has 0 aliphatic heterocycles. The van der Waals surface area contributed by atoms with E-state index in [9.17, 15) is 9.59 Å². The van der Waals surface area contributed by atoms with Crippen LogP contribution in [0.4, 0.5) is 5.69 Å². The Morgan fingerprint density at radius 1 is 1.30 bits per heavy atom. The maximum atomic E-state index is 11.8. The van der Waals surface area contributed by atoms with Crippen LogP contribution in [0.3, 0.4) is 0 Å². The van der Waals surface area contributed by atoms with Crippen LogP contribution in [0.2, 0.25) is 0 Å². The highest BCUT2D eigenvalue weighted by Crippen LogP contribution is 2.17. The number of rotatable bonds is 7. The van der Waals surface area contributed by atoms with Gasteiger partial charge in [-0.05, 0) is 43.0 Å². The van der Waals surface area contributed by atoms with Gasteiger partial charge in [-0.3, -0.25) is 9.89 Å². The first kappa shape index (κ1) is 17.1. The lowest BCUT2D eigenvalue weighted by atomic mass is 10.2. The third kappa shape index (κ3) is 5.14. The molecule has 2 rings (SSSR count). The Hall–Kier alpha value is -2.28. The van der Waals surface area contributed by atoms with Crippen LogP contribution in [-0.2, 0) is 16.0 Å². The zero-order valence-electron chi connectivity index (χ0n) is 13.1.